The molecule has 0 spiro atoms. The third-order valence-corrected chi connectivity index (χ3v) is 4.10. The van der Waals surface area contributed by atoms with Crippen molar-refractivity contribution in [3.63, 3.8) is 0 Å². The number of hydrogen-bond acceptors (Lipinski definition) is 5. The van der Waals surface area contributed by atoms with Crippen molar-refractivity contribution in [2.45, 2.75) is 33.7 Å². The Bertz CT molecular complexity index is 734. The minimum absolute atomic E-state index is 0.278. The van der Waals surface area contributed by atoms with Gasteiger partial charge < -0.3 is 10.1 Å². The van der Waals surface area contributed by atoms with E-state index < -0.39 is 11.0 Å². The van der Waals surface area contributed by atoms with Gasteiger partial charge in [0.05, 0.1) is 16.5 Å². The third kappa shape index (κ3) is 2.60. The highest BCUT2D eigenvalue weighted by atomic mass is 79.9. The minimum Gasteiger partial charge on any atom is -0.358 e. The molecule has 2 heterocycles. The van der Waals surface area contributed by atoms with E-state index in [9.17, 15) is 14.9 Å². The van der Waals surface area contributed by atoms with Crippen LogP contribution in [-0.4, -0.2) is 30.4 Å². The molecular formula is C12H14BrN5O3. The SMILES string of the molecule is Cc1cc(C)n(C(=O)[C@H](C)n2nc([N+](=O)[O-])c(Br)c2C)n1. The number of nitrogens with zero attached hydrogens (tertiary/aromatic N) is 5. The molecule has 2 aromatic rings. The lowest BCUT2D eigenvalue weighted by Crippen LogP contribution is -2.26. The first kappa shape index (κ1) is 15.4. The van der Waals surface area contributed by atoms with Gasteiger partial charge in [0.2, 0.25) is 0 Å². The standard InChI is InChI=1S/C12H14BrN5O3/c1-6-5-7(2)16(14-6)12(19)9(4)17-8(3)10(13)11(15-17)18(20)21/h5,9H,1-4H3/t9-/m0/s1. The van der Waals surface area contributed by atoms with Crippen LogP contribution in [-0.2, 0) is 0 Å². The summed E-state index contributed by atoms with van der Waals surface area (Å²) in [6.07, 6.45) is 0. The normalized spacial score (nSPS) is 12.4. The molecule has 0 aromatic carbocycles. The van der Waals surface area contributed by atoms with Crippen LogP contribution >= 0.6 is 15.9 Å². The quantitative estimate of drug-likeness (QED) is 0.622. The van der Waals surface area contributed by atoms with Crippen LogP contribution in [0.1, 0.15) is 34.8 Å². The van der Waals surface area contributed by atoms with E-state index in [0.717, 1.165) is 5.69 Å². The van der Waals surface area contributed by atoms with Crippen molar-refractivity contribution in [1.82, 2.24) is 19.6 Å². The number of carbonyl (C=O) groups excluding carboxylic acids is 1. The number of nitro groups is 1. The van der Waals surface area contributed by atoms with E-state index in [1.54, 1.807) is 33.8 Å². The zero-order valence-corrected chi connectivity index (χ0v) is 13.6. The zero-order valence-electron chi connectivity index (χ0n) is 12.0. The minimum atomic E-state index is -0.701. The van der Waals surface area contributed by atoms with E-state index in [4.69, 9.17) is 0 Å². The van der Waals surface area contributed by atoms with Gasteiger partial charge in [0.15, 0.2) is 6.04 Å². The van der Waals surface area contributed by atoms with E-state index in [1.165, 1.54) is 9.36 Å². The Balaban J connectivity index is 2.43. The molecule has 0 saturated heterocycles. The molecule has 112 valence electrons. The molecule has 0 aliphatic rings. The summed E-state index contributed by atoms with van der Waals surface area (Å²) < 4.78 is 2.91. The van der Waals surface area contributed by atoms with Crippen molar-refractivity contribution >= 4 is 27.7 Å². The average Bonchev–Trinajstić information content (AvgIpc) is 2.89. The molecule has 0 fully saturated rings. The Kier molecular flexibility index (Phi) is 3.95. The number of carbonyl (C=O) groups is 1. The van der Waals surface area contributed by atoms with Gasteiger partial charge in [-0.25, -0.2) is 4.68 Å². The first-order chi connectivity index (χ1) is 9.73. The summed E-state index contributed by atoms with van der Waals surface area (Å²) in [5, 5.41) is 18.9. The maximum absolute atomic E-state index is 12.5. The van der Waals surface area contributed by atoms with Crippen LogP contribution in [0.5, 0.6) is 0 Å². The lowest BCUT2D eigenvalue weighted by Gasteiger charge is -2.10. The molecule has 0 saturated carbocycles. The second kappa shape index (κ2) is 5.40. The van der Waals surface area contributed by atoms with Gasteiger partial charge in [0.1, 0.15) is 4.47 Å². The predicted octanol–water partition coefficient (Wildman–Crippen LogP) is 2.58. The van der Waals surface area contributed by atoms with Crippen molar-refractivity contribution in [3.05, 3.63) is 37.7 Å². The smallest absolute Gasteiger partial charge is 0.358 e. The van der Waals surface area contributed by atoms with Gasteiger partial charge in [-0.1, -0.05) is 0 Å². The molecule has 21 heavy (non-hydrogen) atoms. The molecular weight excluding hydrogens is 342 g/mol. The fraction of sp³-hybridized carbons (Fsp3) is 0.417. The summed E-state index contributed by atoms with van der Waals surface area (Å²) in [6.45, 7) is 6.87. The van der Waals surface area contributed by atoms with Crippen molar-refractivity contribution in [1.29, 1.82) is 0 Å². The number of halogens is 1. The molecule has 9 heteroatoms. The number of rotatable bonds is 3. The van der Waals surface area contributed by atoms with Crippen LogP contribution < -0.4 is 0 Å². The Labute approximate surface area is 129 Å². The van der Waals surface area contributed by atoms with Crippen LogP contribution in [0, 0.1) is 30.9 Å². The van der Waals surface area contributed by atoms with Gasteiger partial charge >= 0.3 is 5.82 Å². The summed E-state index contributed by atoms with van der Waals surface area (Å²) in [5.74, 6) is -0.603. The Morgan fingerprint density at radius 1 is 1.38 bits per heavy atom. The van der Waals surface area contributed by atoms with E-state index in [-0.39, 0.29) is 16.2 Å². The molecule has 0 bridgehead atoms. The molecule has 0 aliphatic heterocycles. The maximum atomic E-state index is 12.5. The Morgan fingerprint density at radius 2 is 2.00 bits per heavy atom. The molecule has 0 unspecified atom stereocenters. The van der Waals surface area contributed by atoms with E-state index in [0.29, 0.717) is 11.4 Å². The molecule has 0 aliphatic carbocycles. The van der Waals surface area contributed by atoms with Crippen LogP contribution in [0.3, 0.4) is 0 Å². The summed E-state index contributed by atoms with van der Waals surface area (Å²) in [4.78, 5) is 22.8. The number of hydrogen-bond donors (Lipinski definition) is 0. The molecule has 0 amide bonds. The largest absolute Gasteiger partial charge is 0.404 e. The summed E-state index contributed by atoms with van der Waals surface area (Å²) in [5.41, 5.74) is 1.96. The second-order valence-corrected chi connectivity index (χ2v) is 5.57. The number of aromatic nitrogens is 4. The lowest BCUT2D eigenvalue weighted by molar-refractivity contribution is -0.390. The van der Waals surface area contributed by atoms with Crippen LogP contribution in [0.4, 0.5) is 5.82 Å². The third-order valence-electron chi connectivity index (χ3n) is 3.18. The fourth-order valence-electron chi connectivity index (χ4n) is 2.11. The Hall–Kier alpha value is -2.03. The highest BCUT2D eigenvalue weighted by molar-refractivity contribution is 9.10. The van der Waals surface area contributed by atoms with Gasteiger partial charge in [0, 0.05) is 5.69 Å². The van der Waals surface area contributed by atoms with Crippen molar-refractivity contribution in [2.24, 2.45) is 0 Å². The van der Waals surface area contributed by atoms with Gasteiger partial charge in [-0.15, -0.1) is 0 Å². The second-order valence-electron chi connectivity index (χ2n) is 4.78. The van der Waals surface area contributed by atoms with Crippen molar-refractivity contribution in [2.75, 3.05) is 0 Å². The first-order valence-electron chi connectivity index (χ1n) is 6.20. The highest BCUT2D eigenvalue weighted by Gasteiger charge is 2.30. The van der Waals surface area contributed by atoms with Crippen molar-refractivity contribution in [3.8, 4) is 0 Å². The van der Waals surface area contributed by atoms with Crippen LogP contribution in [0.15, 0.2) is 10.5 Å². The molecule has 0 radical (unpaired) electrons. The monoisotopic (exact) mass is 355 g/mol. The average molecular weight is 356 g/mol. The van der Waals surface area contributed by atoms with E-state index >= 15 is 0 Å². The topological polar surface area (TPSA) is 95.8 Å². The zero-order chi connectivity index (χ0) is 15.9. The first-order valence-corrected chi connectivity index (χ1v) is 6.99. The Morgan fingerprint density at radius 3 is 2.43 bits per heavy atom. The molecule has 1 atom stereocenters. The molecule has 2 rings (SSSR count). The molecule has 8 nitrogen and oxygen atoms in total. The molecule has 2 aromatic heterocycles. The lowest BCUT2D eigenvalue weighted by atomic mass is 10.3. The van der Waals surface area contributed by atoms with Crippen LogP contribution in [0.2, 0.25) is 0 Å². The van der Waals surface area contributed by atoms with Crippen molar-refractivity contribution < 1.29 is 9.72 Å². The van der Waals surface area contributed by atoms with Gasteiger partial charge in [0.25, 0.3) is 5.91 Å². The van der Waals surface area contributed by atoms with E-state index in [1.807, 2.05) is 0 Å². The summed E-state index contributed by atoms with van der Waals surface area (Å²) >= 11 is 3.14. The predicted molar refractivity (Wildman–Crippen MR) is 78.4 cm³/mol. The summed E-state index contributed by atoms with van der Waals surface area (Å²) in [6, 6.07) is 1.09. The molecule has 0 N–H and O–H groups in total. The number of aryl methyl sites for hydroxylation is 2. The fourth-order valence-corrected chi connectivity index (χ4v) is 2.52. The van der Waals surface area contributed by atoms with E-state index in [2.05, 4.69) is 26.1 Å². The van der Waals surface area contributed by atoms with Crippen LogP contribution in [0.25, 0.3) is 0 Å². The highest BCUT2D eigenvalue weighted by Crippen LogP contribution is 2.29. The van der Waals surface area contributed by atoms with Gasteiger partial charge in [-0.05, 0) is 54.6 Å². The maximum Gasteiger partial charge on any atom is 0.404 e. The van der Waals surface area contributed by atoms with Gasteiger partial charge in [-0.3, -0.25) is 4.79 Å². The summed E-state index contributed by atoms with van der Waals surface area (Å²) in [7, 11) is 0. The van der Waals surface area contributed by atoms with Gasteiger partial charge in [-0.2, -0.15) is 9.78 Å².